The van der Waals surface area contributed by atoms with E-state index in [-0.39, 0.29) is 0 Å². The van der Waals surface area contributed by atoms with E-state index in [0.717, 1.165) is 25.2 Å². The summed E-state index contributed by atoms with van der Waals surface area (Å²) in [5, 5.41) is 0. The molecule has 0 saturated carbocycles. The number of nitrogens with two attached hydrogens (primary N) is 1. The molecular formula is C12H22N4S. The second-order valence-corrected chi connectivity index (χ2v) is 5.79. The predicted molar refractivity (Wildman–Crippen MR) is 72.8 cm³/mol. The molecule has 17 heavy (non-hydrogen) atoms. The van der Waals surface area contributed by atoms with Crippen LogP contribution in [0, 0.1) is 5.92 Å². The second kappa shape index (κ2) is 6.42. The lowest BCUT2D eigenvalue weighted by atomic mass is 9.96. The summed E-state index contributed by atoms with van der Waals surface area (Å²) in [5.41, 5.74) is 2.98. The Morgan fingerprint density at radius 1 is 1.71 bits per heavy atom. The topological polar surface area (TPSA) is 55.9 Å². The number of hydrogen-bond donors (Lipinski definition) is 2. The third-order valence-electron chi connectivity index (χ3n) is 3.42. The third kappa shape index (κ3) is 3.24. The monoisotopic (exact) mass is 254 g/mol. The van der Waals surface area contributed by atoms with Crippen molar-refractivity contribution in [3.63, 3.8) is 0 Å². The van der Waals surface area contributed by atoms with Crippen LogP contribution in [0.1, 0.15) is 25.6 Å². The van der Waals surface area contributed by atoms with Gasteiger partial charge in [-0.15, -0.1) is 0 Å². The molecule has 1 aromatic rings. The van der Waals surface area contributed by atoms with Gasteiger partial charge in [0.15, 0.2) is 0 Å². The molecule has 5 heteroatoms. The van der Waals surface area contributed by atoms with Crippen LogP contribution in [0.2, 0.25) is 0 Å². The molecule has 2 unspecified atom stereocenters. The molecule has 2 rings (SSSR count). The second-order valence-electron chi connectivity index (χ2n) is 4.64. The van der Waals surface area contributed by atoms with E-state index in [0.29, 0.717) is 12.0 Å². The summed E-state index contributed by atoms with van der Waals surface area (Å²) in [4.78, 5) is 4.45. The maximum Gasteiger partial charge on any atom is 0.110 e. The van der Waals surface area contributed by atoms with E-state index in [4.69, 9.17) is 5.84 Å². The van der Waals surface area contributed by atoms with Crippen molar-refractivity contribution in [3.8, 4) is 0 Å². The molecule has 4 nitrogen and oxygen atoms in total. The highest BCUT2D eigenvalue weighted by Gasteiger charge is 2.25. The molecule has 1 aliphatic rings. The smallest absolute Gasteiger partial charge is 0.110 e. The average molecular weight is 254 g/mol. The van der Waals surface area contributed by atoms with E-state index < -0.39 is 0 Å². The average Bonchev–Trinajstić information content (AvgIpc) is 2.97. The van der Waals surface area contributed by atoms with Gasteiger partial charge in [0.05, 0.1) is 0 Å². The molecule has 0 bridgehead atoms. The van der Waals surface area contributed by atoms with Crippen molar-refractivity contribution >= 4 is 11.8 Å². The number of nitrogens with zero attached hydrogens (tertiary/aromatic N) is 2. The Hall–Kier alpha value is -0.520. The lowest BCUT2D eigenvalue weighted by Gasteiger charge is -2.22. The minimum absolute atomic E-state index is 0.364. The summed E-state index contributed by atoms with van der Waals surface area (Å²) < 4.78 is 2.24. The minimum Gasteiger partial charge on any atom is -0.335 e. The zero-order chi connectivity index (χ0) is 12.1. The third-order valence-corrected chi connectivity index (χ3v) is 4.60. The number of aromatic nitrogens is 2. The molecule has 0 aliphatic carbocycles. The van der Waals surface area contributed by atoms with Gasteiger partial charge in [0.25, 0.3) is 0 Å². The summed E-state index contributed by atoms with van der Waals surface area (Å²) in [6.45, 7) is 3.24. The van der Waals surface area contributed by atoms with Crippen molar-refractivity contribution in [1.82, 2.24) is 15.0 Å². The van der Waals surface area contributed by atoms with Gasteiger partial charge in [-0.3, -0.25) is 11.3 Å². The van der Waals surface area contributed by atoms with Crippen LogP contribution in [-0.2, 0) is 13.0 Å². The molecule has 1 fully saturated rings. The van der Waals surface area contributed by atoms with Gasteiger partial charge in [0, 0.05) is 31.4 Å². The first-order chi connectivity index (χ1) is 8.35. The van der Waals surface area contributed by atoms with E-state index in [1.54, 1.807) is 0 Å². The minimum atomic E-state index is 0.364. The molecular weight excluding hydrogens is 232 g/mol. The standard InChI is InChI=1S/C12H22N4S/c1-2-5-16-6-4-14-12(16)8-11(15-13)10-3-7-17-9-10/h4,6,10-11,15H,2-3,5,7-9,13H2,1H3. The maximum atomic E-state index is 5.70. The SMILES string of the molecule is CCCn1ccnc1CC(NN)C1CCSC1. The van der Waals surface area contributed by atoms with Crippen molar-refractivity contribution < 1.29 is 0 Å². The predicted octanol–water partition coefficient (Wildman–Crippen LogP) is 1.42. The Morgan fingerprint density at radius 2 is 2.59 bits per heavy atom. The number of thioether (sulfide) groups is 1. The van der Waals surface area contributed by atoms with Crippen molar-refractivity contribution in [2.24, 2.45) is 11.8 Å². The Kier molecular flexibility index (Phi) is 4.88. The Balaban J connectivity index is 1.99. The van der Waals surface area contributed by atoms with Gasteiger partial charge in [0.1, 0.15) is 5.82 Å². The fourth-order valence-corrected chi connectivity index (χ4v) is 3.74. The molecule has 96 valence electrons. The number of imidazole rings is 1. The Morgan fingerprint density at radius 3 is 3.24 bits per heavy atom. The molecule has 0 aromatic carbocycles. The highest BCUT2D eigenvalue weighted by atomic mass is 32.2. The number of nitrogens with one attached hydrogen (secondary N) is 1. The first-order valence-electron chi connectivity index (χ1n) is 6.39. The van der Waals surface area contributed by atoms with Crippen molar-refractivity contribution in [2.75, 3.05) is 11.5 Å². The molecule has 1 saturated heterocycles. The van der Waals surface area contributed by atoms with Crippen LogP contribution in [0.25, 0.3) is 0 Å². The van der Waals surface area contributed by atoms with Gasteiger partial charge >= 0.3 is 0 Å². The molecule has 2 atom stereocenters. The molecule has 0 radical (unpaired) electrons. The van der Waals surface area contributed by atoms with Gasteiger partial charge in [-0.25, -0.2) is 4.98 Å². The first kappa shape index (κ1) is 12.9. The van der Waals surface area contributed by atoms with E-state index >= 15 is 0 Å². The van der Waals surface area contributed by atoms with Gasteiger partial charge < -0.3 is 4.57 Å². The number of hydrogen-bond acceptors (Lipinski definition) is 4. The van der Waals surface area contributed by atoms with E-state index in [9.17, 15) is 0 Å². The van der Waals surface area contributed by atoms with Gasteiger partial charge in [-0.05, 0) is 30.3 Å². The van der Waals surface area contributed by atoms with Gasteiger partial charge in [0.2, 0.25) is 0 Å². The van der Waals surface area contributed by atoms with Crippen LogP contribution < -0.4 is 11.3 Å². The van der Waals surface area contributed by atoms with Gasteiger partial charge in [-0.1, -0.05) is 6.92 Å². The van der Waals surface area contributed by atoms with E-state index in [2.05, 4.69) is 28.1 Å². The highest BCUT2D eigenvalue weighted by molar-refractivity contribution is 7.99. The zero-order valence-corrected chi connectivity index (χ0v) is 11.2. The van der Waals surface area contributed by atoms with Crippen LogP contribution >= 0.6 is 11.8 Å². The molecule has 3 N–H and O–H groups in total. The van der Waals surface area contributed by atoms with Crippen LogP contribution in [0.5, 0.6) is 0 Å². The van der Waals surface area contributed by atoms with Crippen LogP contribution in [0.3, 0.4) is 0 Å². The Labute approximate surface area is 107 Å². The zero-order valence-electron chi connectivity index (χ0n) is 10.4. The van der Waals surface area contributed by atoms with Crippen LogP contribution in [0.15, 0.2) is 12.4 Å². The molecule has 1 aliphatic heterocycles. The fraction of sp³-hybridized carbons (Fsp3) is 0.750. The number of hydrazine groups is 1. The number of rotatable bonds is 6. The molecule has 2 heterocycles. The maximum absolute atomic E-state index is 5.70. The fourth-order valence-electron chi connectivity index (χ4n) is 2.40. The molecule has 0 amide bonds. The van der Waals surface area contributed by atoms with E-state index in [1.807, 2.05) is 18.0 Å². The first-order valence-corrected chi connectivity index (χ1v) is 7.54. The van der Waals surface area contributed by atoms with Crippen LogP contribution in [-0.4, -0.2) is 27.1 Å². The Bertz CT molecular complexity index is 333. The summed E-state index contributed by atoms with van der Waals surface area (Å²) >= 11 is 2.03. The summed E-state index contributed by atoms with van der Waals surface area (Å²) in [6.07, 6.45) is 7.31. The lowest BCUT2D eigenvalue weighted by molar-refractivity contribution is 0.375. The molecule has 0 spiro atoms. The summed E-state index contributed by atoms with van der Waals surface area (Å²) in [7, 11) is 0. The lowest BCUT2D eigenvalue weighted by Crippen LogP contribution is -2.43. The van der Waals surface area contributed by atoms with E-state index in [1.165, 1.54) is 17.9 Å². The summed E-state index contributed by atoms with van der Waals surface area (Å²) in [6, 6.07) is 0.364. The van der Waals surface area contributed by atoms with Crippen molar-refractivity contribution in [3.05, 3.63) is 18.2 Å². The van der Waals surface area contributed by atoms with Crippen molar-refractivity contribution in [2.45, 2.75) is 38.8 Å². The summed E-state index contributed by atoms with van der Waals surface area (Å²) in [5.74, 6) is 10.0. The van der Waals surface area contributed by atoms with Crippen LogP contribution in [0.4, 0.5) is 0 Å². The van der Waals surface area contributed by atoms with Crippen molar-refractivity contribution in [1.29, 1.82) is 0 Å². The highest BCUT2D eigenvalue weighted by Crippen LogP contribution is 2.27. The molecule has 1 aromatic heterocycles. The normalized spacial score (nSPS) is 21.9. The quantitative estimate of drug-likeness (QED) is 0.595. The number of aryl methyl sites for hydroxylation is 1. The van der Waals surface area contributed by atoms with Gasteiger partial charge in [-0.2, -0.15) is 11.8 Å². The largest absolute Gasteiger partial charge is 0.335 e.